The molecule has 0 bridgehead atoms. The number of hydrogen-bond donors (Lipinski definition) is 3. The molecule has 2 aromatic carbocycles. The Morgan fingerprint density at radius 3 is 1.62 bits per heavy atom. The lowest BCUT2D eigenvalue weighted by Crippen LogP contribution is -2.67. The smallest absolute Gasteiger partial charge is 0.261 e. The molecular formula is C22H30N2O4Si. The number of nitrogens with two attached hydrogens (primary N) is 2. The molecule has 6 nitrogen and oxygen atoms in total. The van der Waals surface area contributed by atoms with E-state index in [2.05, 4.69) is 20.8 Å². The molecule has 0 aliphatic rings. The molecule has 0 saturated carbocycles. The maximum absolute atomic E-state index is 12.1. The molecule has 0 radical (unpaired) electrons. The highest BCUT2D eigenvalue weighted by Crippen LogP contribution is 2.37. The van der Waals surface area contributed by atoms with Gasteiger partial charge in [0.2, 0.25) is 11.8 Å². The zero-order valence-corrected chi connectivity index (χ0v) is 18.2. The van der Waals surface area contributed by atoms with Crippen molar-refractivity contribution in [2.24, 2.45) is 23.3 Å². The molecule has 0 heterocycles. The van der Waals surface area contributed by atoms with Crippen LogP contribution in [0.4, 0.5) is 0 Å². The van der Waals surface area contributed by atoms with Crippen molar-refractivity contribution in [1.82, 2.24) is 0 Å². The lowest BCUT2D eigenvalue weighted by molar-refractivity contribution is -0.134. The first-order chi connectivity index (χ1) is 13.6. The summed E-state index contributed by atoms with van der Waals surface area (Å²) in [4.78, 5) is 23.8. The van der Waals surface area contributed by atoms with Gasteiger partial charge in [-0.15, -0.1) is 0 Å². The molecule has 0 saturated heterocycles. The van der Waals surface area contributed by atoms with Crippen LogP contribution in [0, 0.1) is 11.8 Å². The van der Waals surface area contributed by atoms with Crippen LogP contribution in [-0.4, -0.2) is 38.5 Å². The zero-order valence-electron chi connectivity index (χ0n) is 17.2. The highest BCUT2D eigenvalue weighted by molar-refractivity contribution is 6.99. The van der Waals surface area contributed by atoms with Gasteiger partial charge in [-0.2, -0.15) is 0 Å². The predicted molar refractivity (Wildman–Crippen MR) is 116 cm³/mol. The van der Waals surface area contributed by atoms with Gasteiger partial charge in [0, 0.05) is 6.61 Å². The summed E-state index contributed by atoms with van der Waals surface area (Å²) in [5.74, 6) is -3.60. The third kappa shape index (κ3) is 4.75. The Kier molecular flexibility index (Phi) is 7.35. The lowest BCUT2D eigenvalue weighted by atomic mass is 9.92. The van der Waals surface area contributed by atoms with Crippen molar-refractivity contribution in [3.8, 4) is 0 Å². The number of primary amides is 2. The van der Waals surface area contributed by atoms with E-state index in [4.69, 9.17) is 15.9 Å². The molecule has 2 amide bonds. The van der Waals surface area contributed by atoms with E-state index in [1.807, 2.05) is 60.7 Å². The highest BCUT2D eigenvalue weighted by Gasteiger charge is 2.51. The van der Waals surface area contributed by atoms with Crippen LogP contribution in [0.1, 0.15) is 20.8 Å². The molecule has 156 valence electrons. The highest BCUT2D eigenvalue weighted by atomic mass is 28.4. The Balaban J connectivity index is 2.59. The Morgan fingerprint density at radius 2 is 1.31 bits per heavy atom. The first-order valence-electron chi connectivity index (χ1n) is 9.59. The standard InChI is InChI=1S/C22H30N2O4Si/c1-22(2,3)29(16-10-6-4-7-11-16,17-12-8-5-9-13-17)28-15-19(21(24)27)18(14-25)20(23)26/h4-13,18-19,25H,14-15H2,1-3H3,(H2,23,26)(H2,24,27)/t18-,19?/m1/s1. The van der Waals surface area contributed by atoms with Crippen molar-refractivity contribution in [3.05, 3.63) is 60.7 Å². The normalized spacial score (nSPS) is 14.2. The molecule has 7 heteroatoms. The van der Waals surface area contributed by atoms with Gasteiger partial charge in [0.25, 0.3) is 8.32 Å². The van der Waals surface area contributed by atoms with E-state index >= 15 is 0 Å². The Labute approximate surface area is 173 Å². The van der Waals surface area contributed by atoms with E-state index in [1.54, 1.807) is 0 Å². The van der Waals surface area contributed by atoms with Gasteiger partial charge in [0.1, 0.15) is 0 Å². The number of benzene rings is 2. The van der Waals surface area contributed by atoms with E-state index < -0.39 is 38.6 Å². The molecule has 5 N–H and O–H groups in total. The van der Waals surface area contributed by atoms with Crippen molar-refractivity contribution in [2.45, 2.75) is 25.8 Å². The third-order valence-electron chi connectivity index (χ3n) is 5.31. The average molecular weight is 415 g/mol. The second kappa shape index (κ2) is 9.34. The summed E-state index contributed by atoms with van der Waals surface area (Å²) in [5, 5.41) is 11.4. The fraction of sp³-hybridized carbons (Fsp3) is 0.364. The summed E-state index contributed by atoms with van der Waals surface area (Å²) in [6.45, 7) is 5.66. The molecule has 2 aromatic rings. The number of rotatable bonds is 9. The van der Waals surface area contributed by atoms with Crippen molar-refractivity contribution in [3.63, 3.8) is 0 Å². The quantitative estimate of drug-likeness (QED) is 0.525. The van der Waals surface area contributed by atoms with Crippen LogP contribution >= 0.6 is 0 Å². The molecule has 2 rings (SSSR count). The second-order valence-corrected chi connectivity index (χ2v) is 12.5. The number of carbonyl (C=O) groups excluding carboxylic acids is 2. The van der Waals surface area contributed by atoms with Gasteiger partial charge in [-0.05, 0) is 15.4 Å². The maximum atomic E-state index is 12.1. The first-order valence-corrected chi connectivity index (χ1v) is 11.5. The number of hydrogen-bond acceptors (Lipinski definition) is 4. The third-order valence-corrected chi connectivity index (χ3v) is 10.3. The van der Waals surface area contributed by atoms with Crippen molar-refractivity contribution in [1.29, 1.82) is 0 Å². The van der Waals surface area contributed by atoms with Crippen LogP contribution in [0.15, 0.2) is 60.7 Å². The van der Waals surface area contributed by atoms with Gasteiger partial charge >= 0.3 is 0 Å². The molecule has 0 aliphatic carbocycles. The van der Waals surface area contributed by atoms with Gasteiger partial charge in [-0.25, -0.2) is 0 Å². The van der Waals surface area contributed by atoms with E-state index in [1.165, 1.54) is 0 Å². The van der Waals surface area contributed by atoms with Gasteiger partial charge in [-0.3, -0.25) is 9.59 Å². The summed E-state index contributed by atoms with van der Waals surface area (Å²) in [6, 6.07) is 19.8. The van der Waals surface area contributed by atoms with Crippen LogP contribution in [0.3, 0.4) is 0 Å². The van der Waals surface area contributed by atoms with Gasteiger partial charge in [0.05, 0.1) is 18.4 Å². The summed E-state index contributed by atoms with van der Waals surface area (Å²) in [6.07, 6.45) is 0. The summed E-state index contributed by atoms with van der Waals surface area (Å²) < 4.78 is 6.64. The molecule has 0 aliphatic heterocycles. The minimum atomic E-state index is -2.89. The average Bonchev–Trinajstić information content (AvgIpc) is 2.67. The van der Waals surface area contributed by atoms with Crippen molar-refractivity contribution >= 4 is 30.5 Å². The molecular weight excluding hydrogens is 384 g/mol. The van der Waals surface area contributed by atoms with Crippen LogP contribution < -0.4 is 21.8 Å². The lowest BCUT2D eigenvalue weighted by Gasteiger charge is -2.43. The summed E-state index contributed by atoms with van der Waals surface area (Å²) in [7, 11) is -2.89. The van der Waals surface area contributed by atoms with Crippen LogP contribution in [-0.2, 0) is 14.0 Å². The number of carbonyl (C=O) groups is 2. The number of aliphatic hydroxyl groups excluding tert-OH is 1. The molecule has 0 aromatic heterocycles. The first kappa shape index (κ1) is 22.8. The maximum Gasteiger partial charge on any atom is 0.261 e. The monoisotopic (exact) mass is 414 g/mol. The summed E-state index contributed by atoms with van der Waals surface area (Å²) in [5.41, 5.74) is 10.9. The topological polar surface area (TPSA) is 116 Å². The van der Waals surface area contributed by atoms with Crippen LogP contribution in [0.25, 0.3) is 0 Å². The second-order valence-electron chi connectivity index (χ2n) is 8.17. The number of aliphatic hydroxyl groups is 1. The van der Waals surface area contributed by atoms with Crippen LogP contribution in [0.2, 0.25) is 5.04 Å². The SMILES string of the molecule is CC(C)(C)[Si](OCC(C(N)=O)[C@@H](CO)C(N)=O)(c1ccccc1)c1ccccc1. The Hall–Kier alpha value is -2.48. The molecule has 0 fully saturated rings. The fourth-order valence-corrected chi connectivity index (χ4v) is 8.37. The summed E-state index contributed by atoms with van der Waals surface area (Å²) >= 11 is 0. The van der Waals surface area contributed by atoms with Gasteiger partial charge in [0.15, 0.2) is 0 Å². The van der Waals surface area contributed by atoms with Crippen molar-refractivity contribution < 1.29 is 19.1 Å². The van der Waals surface area contributed by atoms with E-state index in [0.717, 1.165) is 10.4 Å². The molecule has 29 heavy (non-hydrogen) atoms. The zero-order chi connectivity index (χ0) is 21.7. The van der Waals surface area contributed by atoms with Gasteiger partial charge < -0.3 is 21.0 Å². The molecule has 1 unspecified atom stereocenters. The Bertz CT molecular complexity index is 782. The van der Waals surface area contributed by atoms with E-state index in [-0.39, 0.29) is 11.6 Å². The molecule has 2 atom stereocenters. The number of amides is 2. The van der Waals surface area contributed by atoms with Crippen LogP contribution in [0.5, 0.6) is 0 Å². The van der Waals surface area contributed by atoms with Gasteiger partial charge in [-0.1, -0.05) is 81.4 Å². The largest absolute Gasteiger partial charge is 0.407 e. The predicted octanol–water partition coefficient (Wildman–Crippen LogP) is 0.758. The Morgan fingerprint density at radius 1 is 0.897 bits per heavy atom. The van der Waals surface area contributed by atoms with E-state index in [0.29, 0.717) is 0 Å². The molecule has 0 spiro atoms. The minimum Gasteiger partial charge on any atom is -0.407 e. The fourth-order valence-electron chi connectivity index (χ4n) is 3.79. The minimum absolute atomic E-state index is 0.100. The van der Waals surface area contributed by atoms with Crippen molar-refractivity contribution in [2.75, 3.05) is 13.2 Å². The van der Waals surface area contributed by atoms with E-state index in [9.17, 15) is 14.7 Å².